The molecule has 0 spiro atoms. The van der Waals surface area contributed by atoms with Crippen molar-refractivity contribution in [1.82, 2.24) is 5.32 Å². The summed E-state index contributed by atoms with van der Waals surface area (Å²) in [5.41, 5.74) is 1.06. The molecule has 0 heterocycles. The summed E-state index contributed by atoms with van der Waals surface area (Å²) in [6.07, 6.45) is 6.96. The second kappa shape index (κ2) is 7.13. The van der Waals surface area contributed by atoms with Crippen molar-refractivity contribution in [3.05, 3.63) is 37.1 Å². The Bertz CT molecular complexity index is 241. The Labute approximate surface area is 86.4 Å². The van der Waals surface area contributed by atoms with Gasteiger partial charge in [0.05, 0.1) is 0 Å². The molecule has 0 radical (unpaired) electrons. The van der Waals surface area contributed by atoms with Crippen LogP contribution in [0.2, 0.25) is 0 Å². The van der Waals surface area contributed by atoms with Crippen molar-refractivity contribution in [1.29, 1.82) is 0 Å². The maximum absolute atomic E-state index is 10.9. The number of hydrogen-bond donors (Lipinski definition) is 1. The van der Waals surface area contributed by atoms with Crippen molar-refractivity contribution in [3.8, 4) is 0 Å². The summed E-state index contributed by atoms with van der Waals surface area (Å²) in [5.74, 6) is 0.246. The summed E-state index contributed by atoms with van der Waals surface area (Å²) in [7, 11) is 0. The summed E-state index contributed by atoms with van der Waals surface area (Å²) >= 11 is 0. The zero-order chi connectivity index (χ0) is 11.0. The maximum atomic E-state index is 10.9. The number of hydrogen-bond acceptors (Lipinski definition) is 1. The van der Waals surface area contributed by atoms with Gasteiger partial charge in [0.2, 0.25) is 5.91 Å². The SMILES string of the molecule is C=CC(=O)N/C=C(\C=C)C(C)CCC. The lowest BCUT2D eigenvalue weighted by atomic mass is 9.97. The lowest BCUT2D eigenvalue weighted by molar-refractivity contribution is -0.115. The zero-order valence-corrected chi connectivity index (χ0v) is 9.05. The van der Waals surface area contributed by atoms with Gasteiger partial charge in [-0.3, -0.25) is 4.79 Å². The number of carbonyl (C=O) groups is 1. The van der Waals surface area contributed by atoms with Crippen molar-refractivity contribution in [2.24, 2.45) is 5.92 Å². The molecule has 1 amide bonds. The highest BCUT2D eigenvalue weighted by Crippen LogP contribution is 2.16. The van der Waals surface area contributed by atoms with Gasteiger partial charge in [-0.1, -0.05) is 39.5 Å². The van der Waals surface area contributed by atoms with E-state index in [0.29, 0.717) is 5.92 Å². The minimum Gasteiger partial charge on any atom is -0.329 e. The topological polar surface area (TPSA) is 29.1 Å². The molecular weight excluding hydrogens is 174 g/mol. The van der Waals surface area contributed by atoms with Crippen LogP contribution < -0.4 is 5.32 Å². The molecule has 0 aliphatic heterocycles. The Kier molecular flexibility index (Phi) is 6.46. The Morgan fingerprint density at radius 2 is 2.07 bits per heavy atom. The van der Waals surface area contributed by atoms with E-state index in [2.05, 4.69) is 32.3 Å². The maximum Gasteiger partial charge on any atom is 0.247 e. The third kappa shape index (κ3) is 4.65. The molecule has 0 aliphatic carbocycles. The minimum atomic E-state index is -0.187. The van der Waals surface area contributed by atoms with Crippen LogP contribution in [0.5, 0.6) is 0 Å². The number of rotatable bonds is 6. The molecule has 0 aliphatic rings. The predicted molar refractivity (Wildman–Crippen MR) is 60.7 cm³/mol. The summed E-state index contributed by atoms with van der Waals surface area (Å²) in [6, 6.07) is 0. The Morgan fingerprint density at radius 1 is 1.43 bits per heavy atom. The third-order valence-corrected chi connectivity index (χ3v) is 2.09. The standard InChI is InChI=1S/C12H19NO/c1-5-8-10(4)11(6-2)9-13-12(14)7-3/h6-7,9-10H,2-3,5,8H2,1,4H3,(H,13,14)/b11-9+. The van der Waals surface area contributed by atoms with E-state index in [9.17, 15) is 4.79 Å². The molecule has 1 N–H and O–H groups in total. The quantitative estimate of drug-likeness (QED) is 0.510. The van der Waals surface area contributed by atoms with Crippen LogP contribution in [-0.2, 0) is 4.79 Å². The first-order valence-electron chi connectivity index (χ1n) is 4.91. The molecule has 0 aromatic rings. The van der Waals surface area contributed by atoms with Crippen LogP contribution in [0.25, 0.3) is 0 Å². The van der Waals surface area contributed by atoms with E-state index in [4.69, 9.17) is 0 Å². The summed E-state index contributed by atoms with van der Waals surface area (Å²) in [6.45, 7) is 11.4. The number of carbonyl (C=O) groups excluding carboxylic acids is 1. The van der Waals surface area contributed by atoms with E-state index < -0.39 is 0 Å². The second-order valence-electron chi connectivity index (χ2n) is 3.25. The first-order chi connectivity index (χ1) is 6.65. The van der Waals surface area contributed by atoms with Gasteiger partial charge in [-0.2, -0.15) is 0 Å². The highest BCUT2D eigenvalue weighted by molar-refractivity contribution is 5.87. The van der Waals surface area contributed by atoms with Crippen LogP contribution in [0.15, 0.2) is 37.1 Å². The summed E-state index contributed by atoms with van der Waals surface area (Å²) in [5, 5.41) is 2.63. The summed E-state index contributed by atoms with van der Waals surface area (Å²) < 4.78 is 0. The summed E-state index contributed by atoms with van der Waals surface area (Å²) in [4.78, 5) is 10.9. The molecule has 2 nitrogen and oxygen atoms in total. The Balaban J connectivity index is 4.30. The van der Waals surface area contributed by atoms with Gasteiger partial charge in [-0.05, 0) is 24.0 Å². The highest BCUT2D eigenvalue weighted by atomic mass is 16.1. The average Bonchev–Trinajstić information content (AvgIpc) is 2.18. The van der Waals surface area contributed by atoms with Crippen molar-refractivity contribution in [2.45, 2.75) is 26.7 Å². The van der Waals surface area contributed by atoms with Crippen LogP contribution in [0, 0.1) is 5.92 Å². The molecule has 1 atom stereocenters. The lowest BCUT2D eigenvalue weighted by Gasteiger charge is -2.11. The average molecular weight is 193 g/mol. The van der Waals surface area contributed by atoms with Gasteiger partial charge >= 0.3 is 0 Å². The van der Waals surface area contributed by atoms with E-state index in [1.165, 1.54) is 6.08 Å². The third-order valence-electron chi connectivity index (χ3n) is 2.09. The van der Waals surface area contributed by atoms with Crippen molar-refractivity contribution >= 4 is 5.91 Å². The fourth-order valence-corrected chi connectivity index (χ4v) is 1.22. The van der Waals surface area contributed by atoms with Gasteiger partial charge in [0.25, 0.3) is 0 Å². The molecule has 0 saturated carbocycles. The van der Waals surface area contributed by atoms with E-state index in [1.54, 1.807) is 12.3 Å². The van der Waals surface area contributed by atoms with E-state index >= 15 is 0 Å². The van der Waals surface area contributed by atoms with Crippen LogP contribution in [-0.4, -0.2) is 5.91 Å². The molecule has 0 fully saturated rings. The van der Waals surface area contributed by atoms with Crippen molar-refractivity contribution < 1.29 is 4.79 Å². The number of allylic oxidation sites excluding steroid dienone is 2. The molecule has 0 rings (SSSR count). The van der Waals surface area contributed by atoms with E-state index in [1.807, 2.05) is 0 Å². The molecule has 0 aromatic heterocycles. The monoisotopic (exact) mass is 193 g/mol. The number of amides is 1. The fourth-order valence-electron chi connectivity index (χ4n) is 1.22. The molecule has 0 bridgehead atoms. The van der Waals surface area contributed by atoms with Gasteiger partial charge in [0, 0.05) is 6.20 Å². The molecule has 0 saturated heterocycles. The highest BCUT2D eigenvalue weighted by Gasteiger charge is 2.04. The smallest absolute Gasteiger partial charge is 0.247 e. The van der Waals surface area contributed by atoms with Gasteiger partial charge in [0.1, 0.15) is 0 Å². The van der Waals surface area contributed by atoms with Crippen LogP contribution in [0.4, 0.5) is 0 Å². The van der Waals surface area contributed by atoms with Gasteiger partial charge in [0.15, 0.2) is 0 Å². The first kappa shape index (κ1) is 12.7. The minimum absolute atomic E-state index is 0.187. The Morgan fingerprint density at radius 3 is 2.50 bits per heavy atom. The van der Waals surface area contributed by atoms with Crippen molar-refractivity contribution in [2.75, 3.05) is 0 Å². The lowest BCUT2D eigenvalue weighted by Crippen LogP contribution is -2.15. The number of nitrogens with one attached hydrogen (secondary N) is 1. The van der Waals surface area contributed by atoms with E-state index in [0.717, 1.165) is 18.4 Å². The van der Waals surface area contributed by atoms with Crippen LogP contribution in [0.1, 0.15) is 26.7 Å². The predicted octanol–water partition coefficient (Wildman–Crippen LogP) is 2.79. The largest absolute Gasteiger partial charge is 0.329 e. The normalized spacial score (nSPS) is 13.1. The van der Waals surface area contributed by atoms with Gasteiger partial charge < -0.3 is 5.32 Å². The fraction of sp³-hybridized carbons (Fsp3) is 0.417. The second-order valence-corrected chi connectivity index (χ2v) is 3.25. The Hall–Kier alpha value is -1.31. The first-order valence-corrected chi connectivity index (χ1v) is 4.91. The molecular formula is C12H19NO. The van der Waals surface area contributed by atoms with Crippen molar-refractivity contribution in [3.63, 3.8) is 0 Å². The molecule has 78 valence electrons. The van der Waals surface area contributed by atoms with Crippen LogP contribution >= 0.6 is 0 Å². The van der Waals surface area contributed by atoms with Gasteiger partial charge in [-0.25, -0.2) is 0 Å². The molecule has 0 aromatic carbocycles. The molecule has 2 heteroatoms. The zero-order valence-electron chi connectivity index (χ0n) is 9.05. The van der Waals surface area contributed by atoms with Gasteiger partial charge in [-0.15, -0.1) is 0 Å². The molecule has 14 heavy (non-hydrogen) atoms. The van der Waals surface area contributed by atoms with E-state index in [-0.39, 0.29) is 5.91 Å². The molecule has 1 unspecified atom stereocenters. The van der Waals surface area contributed by atoms with Crippen LogP contribution in [0.3, 0.4) is 0 Å².